The molecule has 0 atom stereocenters. The zero-order chi connectivity index (χ0) is 26.2. The van der Waals surface area contributed by atoms with Crippen LogP contribution in [0.4, 0.5) is 22.7 Å². The van der Waals surface area contributed by atoms with Crippen LogP contribution >= 0.6 is 0 Å². The van der Waals surface area contributed by atoms with Crippen molar-refractivity contribution in [3.63, 3.8) is 0 Å². The SMILES string of the molecule is O.O=[N+]([O-])c1cccc(-c2ccccc2)c1[N+](=O)[O-].O=[N+]([O-])c1cccc(-c2ccccc2)c1[N+](=O)[O-]. The lowest BCUT2D eigenvalue weighted by Gasteiger charge is -2.03. The summed E-state index contributed by atoms with van der Waals surface area (Å²) in [6, 6.07) is 25.2. The third kappa shape index (κ3) is 6.32. The van der Waals surface area contributed by atoms with Crippen LogP contribution < -0.4 is 0 Å². The summed E-state index contributed by atoms with van der Waals surface area (Å²) in [7, 11) is 0. The van der Waals surface area contributed by atoms with Crippen LogP contribution in [0.25, 0.3) is 22.3 Å². The predicted molar refractivity (Wildman–Crippen MR) is 134 cm³/mol. The second-order valence-electron chi connectivity index (χ2n) is 7.11. The predicted octanol–water partition coefficient (Wildman–Crippen LogP) is 5.52. The molecule has 0 aliphatic heterocycles. The Kier molecular flexibility index (Phi) is 9.15. The van der Waals surface area contributed by atoms with Crippen molar-refractivity contribution in [2.45, 2.75) is 0 Å². The van der Waals surface area contributed by atoms with E-state index in [2.05, 4.69) is 0 Å². The Hall–Kier alpha value is -5.56. The number of nitrogens with zero attached hydrogens (tertiary/aromatic N) is 4. The molecule has 2 N–H and O–H groups in total. The first-order valence-corrected chi connectivity index (χ1v) is 10.2. The van der Waals surface area contributed by atoms with Gasteiger partial charge in [0.1, 0.15) is 0 Å². The lowest BCUT2D eigenvalue weighted by molar-refractivity contribution is -0.422. The van der Waals surface area contributed by atoms with Crippen LogP contribution in [0.5, 0.6) is 0 Å². The van der Waals surface area contributed by atoms with E-state index < -0.39 is 42.4 Å². The molecule has 0 aliphatic carbocycles. The first-order valence-electron chi connectivity index (χ1n) is 10.2. The third-order valence-electron chi connectivity index (χ3n) is 4.96. The molecule has 0 aromatic heterocycles. The van der Waals surface area contributed by atoms with E-state index in [1.54, 1.807) is 60.7 Å². The molecular weight excluding hydrogens is 488 g/mol. The van der Waals surface area contributed by atoms with E-state index >= 15 is 0 Å². The van der Waals surface area contributed by atoms with E-state index in [1.165, 1.54) is 24.3 Å². The molecule has 0 aliphatic rings. The summed E-state index contributed by atoms with van der Waals surface area (Å²) in [6.07, 6.45) is 0. The van der Waals surface area contributed by atoms with Gasteiger partial charge in [-0.3, -0.25) is 40.5 Å². The molecule has 0 bridgehead atoms. The van der Waals surface area contributed by atoms with Crippen LogP contribution in [-0.4, -0.2) is 25.2 Å². The maximum atomic E-state index is 11.0. The smallest absolute Gasteiger partial charge is 0.353 e. The van der Waals surface area contributed by atoms with Gasteiger partial charge in [0.2, 0.25) is 0 Å². The molecule has 0 spiro atoms. The molecular formula is C24H18N4O9. The van der Waals surface area contributed by atoms with Gasteiger partial charge >= 0.3 is 22.7 Å². The zero-order valence-electron chi connectivity index (χ0n) is 18.8. The lowest BCUT2D eigenvalue weighted by atomic mass is 10.0. The van der Waals surface area contributed by atoms with E-state index in [-0.39, 0.29) is 16.6 Å². The number of para-hydroxylation sites is 2. The third-order valence-corrected chi connectivity index (χ3v) is 4.96. The van der Waals surface area contributed by atoms with E-state index in [9.17, 15) is 40.5 Å². The van der Waals surface area contributed by atoms with Crippen LogP contribution in [0.15, 0.2) is 97.1 Å². The Morgan fingerprint density at radius 3 is 1.00 bits per heavy atom. The second kappa shape index (κ2) is 12.2. The topological polar surface area (TPSA) is 204 Å². The zero-order valence-corrected chi connectivity index (χ0v) is 18.8. The van der Waals surface area contributed by atoms with E-state index in [0.29, 0.717) is 11.1 Å². The number of hydrogen-bond acceptors (Lipinski definition) is 8. The fourth-order valence-electron chi connectivity index (χ4n) is 3.44. The summed E-state index contributed by atoms with van der Waals surface area (Å²) in [5.41, 5.74) is -0.310. The Bertz CT molecular complexity index is 1330. The largest absolute Gasteiger partial charge is 0.412 e. The first-order chi connectivity index (χ1) is 17.2. The van der Waals surface area contributed by atoms with Crippen molar-refractivity contribution in [3.05, 3.63) is 138 Å². The molecule has 0 amide bonds. The first kappa shape index (κ1) is 27.7. The standard InChI is InChI=1S/2C12H8N2O4.H2O/c2*15-13(16)11-8-4-7-10(12(11)14(17)18)9-5-2-1-3-6-9;/h2*1-8H;1H2. The molecule has 37 heavy (non-hydrogen) atoms. The monoisotopic (exact) mass is 506 g/mol. The van der Waals surface area contributed by atoms with Crippen molar-refractivity contribution in [2.24, 2.45) is 0 Å². The molecule has 4 aromatic carbocycles. The van der Waals surface area contributed by atoms with Crippen molar-refractivity contribution >= 4 is 22.7 Å². The number of hydrogen-bond donors (Lipinski definition) is 0. The van der Waals surface area contributed by atoms with Crippen molar-refractivity contribution in [3.8, 4) is 22.3 Å². The Balaban J connectivity index is 0.000000253. The molecule has 0 radical (unpaired) electrons. The van der Waals surface area contributed by atoms with Gasteiger partial charge in [0.05, 0.1) is 30.8 Å². The summed E-state index contributed by atoms with van der Waals surface area (Å²) in [6.45, 7) is 0. The minimum Gasteiger partial charge on any atom is -0.412 e. The Labute approximate surface area is 208 Å². The summed E-state index contributed by atoms with van der Waals surface area (Å²) in [4.78, 5) is 40.7. The highest BCUT2D eigenvalue weighted by Crippen LogP contribution is 2.38. The van der Waals surface area contributed by atoms with Crippen LogP contribution in [0.1, 0.15) is 0 Å². The minimum atomic E-state index is -0.745. The summed E-state index contributed by atoms with van der Waals surface area (Å²) in [5, 5.41) is 43.7. The number of nitro benzene ring substituents is 4. The molecule has 0 saturated carbocycles. The quantitative estimate of drug-likeness (QED) is 0.240. The summed E-state index contributed by atoms with van der Waals surface area (Å²) < 4.78 is 0. The maximum Gasteiger partial charge on any atom is 0.353 e. The van der Waals surface area contributed by atoms with Gasteiger partial charge in [0, 0.05) is 12.1 Å². The summed E-state index contributed by atoms with van der Waals surface area (Å²) >= 11 is 0. The van der Waals surface area contributed by atoms with Crippen LogP contribution in [0.3, 0.4) is 0 Å². The van der Waals surface area contributed by atoms with Gasteiger partial charge in [0.15, 0.2) is 0 Å². The Morgan fingerprint density at radius 2 is 0.730 bits per heavy atom. The van der Waals surface area contributed by atoms with Gasteiger partial charge in [-0.15, -0.1) is 0 Å². The van der Waals surface area contributed by atoms with Crippen molar-refractivity contribution in [1.82, 2.24) is 0 Å². The van der Waals surface area contributed by atoms with Gasteiger partial charge in [0.25, 0.3) is 0 Å². The van der Waals surface area contributed by atoms with E-state index in [1.807, 2.05) is 0 Å². The van der Waals surface area contributed by atoms with Crippen molar-refractivity contribution < 1.29 is 25.2 Å². The molecule has 0 fully saturated rings. The Morgan fingerprint density at radius 1 is 0.405 bits per heavy atom. The number of benzene rings is 4. The highest BCUT2D eigenvalue weighted by atomic mass is 16.6. The lowest BCUT2D eigenvalue weighted by Crippen LogP contribution is -1.98. The average Bonchev–Trinajstić information content (AvgIpc) is 2.89. The van der Waals surface area contributed by atoms with Gasteiger partial charge < -0.3 is 5.48 Å². The molecule has 0 heterocycles. The fourth-order valence-corrected chi connectivity index (χ4v) is 3.44. The molecule has 188 valence electrons. The van der Waals surface area contributed by atoms with Gasteiger partial charge in [-0.05, 0) is 23.3 Å². The maximum absolute atomic E-state index is 11.0. The molecule has 13 heteroatoms. The van der Waals surface area contributed by atoms with Gasteiger partial charge in [-0.1, -0.05) is 72.8 Å². The second-order valence-corrected chi connectivity index (χ2v) is 7.11. The summed E-state index contributed by atoms with van der Waals surface area (Å²) in [5.74, 6) is 0. The normalized spacial score (nSPS) is 9.73. The van der Waals surface area contributed by atoms with Crippen molar-refractivity contribution in [2.75, 3.05) is 0 Å². The number of nitro groups is 4. The molecule has 4 rings (SSSR count). The highest BCUT2D eigenvalue weighted by molar-refractivity contribution is 5.80. The van der Waals surface area contributed by atoms with Crippen molar-refractivity contribution in [1.29, 1.82) is 0 Å². The number of rotatable bonds is 6. The van der Waals surface area contributed by atoms with Crippen LogP contribution in [-0.2, 0) is 0 Å². The van der Waals surface area contributed by atoms with Gasteiger partial charge in [-0.25, -0.2) is 0 Å². The van der Waals surface area contributed by atoms with Gasteiger partial charge in [-0.2, -0.15) is 0 Å². The molecule has 13 nitrogen and oxygen atoms in total. The molecule has 4 aromatic rings. The molecule has 0 unspecified atom stereocenters. The fraction of sp³-hybridized carbons (Fsp3) is 0. The van der Waals surface area contributed by atoms with Crippen LogP contribution in [0.2, 0.25) is 0 Å². The average molecular weight is 506 g/mol. The highest BCUT2D eigenvalue weighted by Gasteiger charge is 2.29. The minimum absolute atomic E-state index is 0. The van der Waals surface area contributed by atoms with Crippen LogP contribution in [0, 0.1) is 40.5 Å². The molecule has 0 saturated heterocycles. The van der Waals surface area contributed by atoms with E-state index in [4.69, 9.17) is 0 Å². The van der Waals surface area contributed by atoms with E-state index in [0.717, 1.165) is 12.1 Å².